The van der Waals surface area contributed by atoms with E-state index in [1.807, 2.05) is 0 Å². The van der Waals surface area contributed by atoms with Crippen LogP contribution in [0.4, 0.5) is 5.69 Å². The van der Waals surface area contributed by atoms with Gasteiger partial charge < -0.3 is 19.7 Å². The van der Waals surface area contributed by atoms with Crippen molar-refractivity contribution in [2.75, 3.05) is 44.5 Å². The fourth-order valence-corrected chi connectivity index (χ4v) is 6.25. The second-order valence-corrected chi connectivity index (χ2v) is 9.42. The summed E-state index contributed by atoms with van der Waals surface area (Å²) in [6.07, 6.45) is 1.26. The van der Waals surface area contributed by atoms with Crippen LogP contribution in [0.2, 0.25) is 0 Å². The van der Waals surface area contributed by atoms with Gasteiger partial charge >= 0.3 is 0 Å². The molecule has 1 N–H and O–H groups in total. The van der Waals surface area contributed by atoms with E-state index >= 15 is 0 Å². The second-order valence-electron chi connectivity index (χ2n) is 8.32. The number of methoxy groups -OCH3 is 2. The normalized spacial score (nSPS) is 23.9. The zero-order chi connectivity index (χ0) is 20.0. The molecule has 0 spiro atoms. The van der Waals surface area contributed by atoms with Crippen LogP contribution in [-0.2, 0) is 10.5 Å². The van der Waals surface area contributed by atoms with Crippen molar-refractivity contribution in [1.82, 2.24) is 5.32 Å². The highest BCUT2D eigenvalue weighted by atomic mass is 32.2. The molecule has 2 aromatic rings. The summed E-state index contributed by atoms with van der Waals surface area (Å²) in [7, 11) is 3.50. The Labute approximate surface area is 178 Å². The van der Waals surface area contributed by atoms with Crippen molar-refractivity contribution in [1.29, 1.82) is 0 Å². The van der Waals surface area contributed by atoms with E-state index in [0.29, 0.717) is 12.0 Å². The van der Waals surface area contributed by atoms with Crippen molar-refractivity contribution in [2.24, 2.45) is 0 Å². The molecular weight excluding hydrogens is 380 g/mol. The lowest BCUT2D eigenvalue weighted by Crippen LogP contribution is -2.44. The molecule has 29 heavy (non-hydrogen) atoms. The highest BCUT2D eigenvalue weighted by Gasteiger charge is 2.41. The van der Waals surface area contributed by atoms with Gasteiger partial charge in [-0.2, -0.15) is 11.8 Å². The predicted molar refractivity (Wildman–Crippen MR) is 121 cm³/mol. The Balaban J connectivity index is 1.67. The molecule has 0 aliphatic carbocycles. The van der Waals surface area contributed by atoms with Gasteiger partial charge in [0.2, 0.25) is 0 Å². The predicted octanol–water partition coefficient (Wildman–Crippen LogP) is 4.58. The van der Waals surface area contributed by atoms with E-state index < -0.39 is 0 Å². The largest absolute Gasteiger partial charge is 0.497 e. The molecule has 5 rings (SSSR count). The minimum absolute atomic E-state index is 0.0162. The maximum Gasteiger partial charge on any atom is 0.119 e. The summed E-state index contributed by atoms with van der Waals surface area (Å²) < 4.78 is 11.2. The van der Waals surface area contributed by atoms with E-state index in [9.17, 15) is 0 Å². The van der Waals surface area contributed by atoms with Crippen LogP contribution in [0.1, 0.15) is 42.1 Å². The molecule has 4 nitrogen and oxygen atoms in total. The van der Waals surface area contributed by atoms with E-state index in [0.717, 1.165) is 24.6 Å². The van der Waals surface area contributed by atoms with Gasteiger partial charge in [0.1, 0.15) is 5.75 Å². The van der Waals surface area contributed by atoms with Crippen molar-refractivity contribution in [2.45, 2.75) is 37.2 Å². The van der Waals surface area contributed by atoms with Gasteiger partial charge in [-0.3, -0.25) is 0 Å². The second kappa shape index (κ2) is 7.86. The fraction of sp³-hybridized carbons (Fsp3) is 0.500. The maximum atomic E-state index is 5.70. The number of ether oxygens (including phenoxy) is 2. The quantitative estimate of drug-likeness (QED) is 0.798. The third-order valence-corrected chi connectivity index (χ3v) is 7.83. The van der Waals surface area contributed by atoms with Crippen LogP contribution in [-0.4, -0.2) is 45.6 Å². The summed E-state index contributed by atoms with van der Waals surface area (Å²) >= 11 is 2.07. The molecule has 154 valence electrons. The van der Waals surface area contributed by atoms with Crippen LogP contribution < -0.4 is 15.0 Å². The molecule has 3 aliphatic heterocycles. The van der Waals surface area contributed by atoms with Gasteiger partial charge in [0.25, 0.3) is 0 Å². The number of hydrogen-bond donors (Lipinski definition) is 1. The molecule has 0 bridgehead atoms. The Morgan fingerprint density at radius 2 is 2.10 bits per heavy atom. The van der Waals surface area contributed by atoms with E-state index in [4.69, 9.17) is 9.47 Å². The van der Waals surface area contributed by atoms with Crippen molar-refractivity contribution >= 4 is 17.4 Å². The van der Waals surface area contributed by atoms with E-state index in [-0.39, 0.29) is 6.10 Å². The number of nitrogens with one attached hydrogen (secondary N) is 1. The minimum atomic E-state index is 0.0162. The summed E-state index contributed by atoms with van der Waals surface area (Å²) in [6.45, 7) is 5.52. The van der Waals surface area contributed by atoms with Gasteiger partial charge in [-0.1, -0.05) is 6.07 Å². The van der Waals surface area contributed by atoms with Crippen molar-refractivity contribution in [3.8, 4) is 16.9 Å². The summed E-state index contributed by atoms with van der Waals surface area (Å²) in [5, 5.41) is 3.64. The van der Waals surface area contributed by atoms with Crippen LogP contribution in [0.25, 0.3) is 11.1 Å². The molecule has 1 saturated heterocycles. The molecule has 3 unspecified atom stereocenters. The summed E-state index contributed by atoms with van der Waals surface area (Å²) in [5.41, 5.74) is 8.34. The van der Waals surface area contributed by atoms with Crippen molar-refractivity contribution < 1.29 is 9.47 Å². The van der Waals surface area contributed by atoms with Crippen molar-refractivity contribution in [3.63, 3.8) is 0 Å². The first kappa shape index (κ1) is 19.3. The molecule has 3 atom stereocenters. The van der Waals surface area contributed by atoms with E-state index in [1.165, 1.54) is 46.7 Å². The number of benzene rings is 2. The van der Waals surface area contributed by atoms with Gasteiger partial charge in [-0.05, 0) is 72.0 Å². The Morgan fingerprint density at radius 3 is 2.93 bits per heavy atom. The number of thioether (sulfide) groups is 1. The average molecular weight is 411 g/mol. The number of piperidine rings is 1. The Morgan fingerprint density at radius 1 is 1.21 bits per heavy atom. The smallest absolute Gasteiger partial charge is 0.119 e. The van der Waals surface area contributed by atoms with Crippen LogP contribution in [0, 0.1) is 0 Å². The molecule has 0 amide bonds. The third-order valence-electron chi connectivity index (χ3n) is 6.85. The lowest BCUT2D eigenvalue weighted by molar-refractivity contribution is 0.120. The Kier molecular flexibility index (Phi) is 5.23. The zero-order valence-corrected chi connectivity index (χ0v) is 18.3. The summed E-state index contributed by atoms with van der Waals surface area (Å²) in [4.78, 5) is 2.73. The number of nitrogens with zero attached hydrogens (tertiary/aromatic N) is 1. The van der Waals surface area contributed by atoms with Crippen LogP contribution in [0.15, 0.2) is 30.3 Å². The Bertz CT molecular complexity index is 916. The fourth-order valence-electron chi connectivity index (χ4n) is 5.33. The highest BCUT2D eigenvalue weighted by Crippen LogP contribution is 2.49. The average Bonchev–Trinajstić information content (AvgIpc) is 2.93. The monoisotopic (exact) mass is 410 g/mol. The van der Waals surface area contributed by atoms with Gasteiger partial charge in [-0.25, -0.2) is 0 Å². The third kappa shape index (κ3) is 3.24. The lowest BCUT2D eigenvalue weighted by atomic mass is 9.87. The SMILES string of the molecule is COc1ccc(-c2cc3c4c(c2)C2CNCCC2N4CCSC3)c(C(C)OC)c1. The summed E-state index contributed by atoms with van der Waals surface area (Å²) in [6, 6.07) is 12.0. The molecule has 0 saturated carbocycles. The van der Waals surface area contributed by atoms with Gasteiger partial charge in [0, 0.05) is 49.4 Å². The molecule has 0 aromatic heterocycles. The first-order chi connectivity index (χ1) is 14.2. The lowest BCUT2D eigenvalue weighted by Gasteiger charge is -2.33. The number of rotatable bonds is 4. The van der Waals surface area contributed by atoms with E-state index in [1.54, 1.807) is 19.8 Å². The number of fused-ring (bicyclic) bond motifs is 3. The highest BCUT2D eigenvalue weighted by molar-refractivity contribution is 7.98. The topological polar surface area (TPSA) is 33.7 Å². The van der Waals surface area contributed by atoms with Gasteiger partial charge in [0.05, 0.1) is 13.2 Å². The van der Waals surface area contributed by atoms with Crippen molar-refractivity contribution in [3.05, 3.63) is 47.0 Å². The molecule has 1 fully saturated rings. The molecule has 5 heteroatoms. The molecule has 0 radical (unpaired) electrons. The Hall–Kier alpha value is -1.69. The molecular formula is C24H30N2O2S. The first-order valence-corrected chi connectivity index (χ1v) is 11.8. The number of hydrogen-bond acceptors (Lipinski definition) is 5. The minimum Gasteiger partial charge on any atom is -0.497 e. The van der Waals surface area contributed by atoms with Crippen LogP contribution in [0.3, 0.4) is 0 Å². The van der Waals surface area contributed by atoms with E-state index in [2.05, 4.69) is 59.2 Å². The van der Waals surface area contributed by atoms with Gasteiger partial charge in [-0.15, -0.1) is 0 Å². The molecule has 2 aromatic carbocycles. The van der Waals surface area contributed by atoms with Gasteiger partial charge in [0.15, 0.2) is 0 Å². The first-order valence-electron chi connectivity index (χ1n) is 10.6. The zero-order valence-electron chi connectivity index (χ0n) is 17.5. The molecule has 3 aliphatic rings. The molecule has 3 heterocycles. The van der Waals surface area contributed by atoms with Crippen LogP contribution in [0.5, 0.6) is 5.75 Å². The van der Waals surface area contributed by atoms with Crippen LogP contribution >= 0.6 is 11.8 Å². The standard InChI is InChI=1S/C24H30N2O2S/c1-15(27-2)20-12-18(28-3)4-5-19(20)16-10-17-14-29-9-8-26-23-6-7-25-13-22(23)21(11-16)24(17)26/h4-5,10-12,15,22-23,25H,6-9,13-14H2,1-3H3. The number of anilines is 1. The maximum absolute atomic E-state index is 5.70. The summed E-state index contributed by atoms with van der Waals surface area (Å²) in [5.74, 6) is 3.80.